The average molecular weight is 414 g/mol. The van der Waals surface area contributed by atoms with Crippen molar-refractivity contribution in [3.8, 4) is 0 Å². The number of pyridine rings is 1. The predicted molar refractivity (Wildman–Crippen MR) is 118 cm³/mol. The lowest BCUT2D eigenvalue weighted by molar-refractivity contribution is -0.116. The monoisotopic (exact) mass is 413 g/mol. The lowest BCUT2D eigenvalue weighted by Crippen LogP contribution is -2.39. The third-order valence-corrected chi connectivity index (χ3v) is 6.98. The van der Waals surface area contributed by atoms with Gasteiger partial charge in [-0.15, -0.1) is 0 Å². The number of aromatic nitrogens is 1. The summed E-state index contributed by atoms with van der Waals surface area (Å²) in [6.07, 6.45) is 1.52. The van der Waals surface area contributed by atoms with E-state index in [0.29, 0.717) is 25.8 Å². The molecule has 0 fully saturated rings. The second-order valence-electron chi connectivity index (χ2n) is 8.04. The minimum absolute atomic E-state index is 0.0924. The van der Waals surface area contributed by atoms with Crippen molar-refractivity contribution in [2.24, 2.45) is 0 Å². The summed E-state index contributed by atoms with van der Waals surface area (Å²) in [5.41, 5.74) is 2.43. The Labute approximate surface area is 171 Å². The van der Waals surface area contributed by atoms with Gasteiger partial charge in [-0.3, -0.25) is 4.79 Å². The minimum atomic E-state index is -3.35. The summed E-state index contributed by atoms with van der Waals surface area (Å²) in [5.74, 6) is -0.0924. The molecule has 2 aromatic carbocycles. The standard InChI is InChI=1S/C22H27N3O3S/c1-22(2,3)29(27,28)23-15-9-8-14-20(26)25-21-16-10-4-6-12-18(16)24-19-13-7-5-11-17(19)21/h4-7,10-13,23H,8-9,14-15H2,1-3H3,(H,24,25,26). The number of anilines is 1. The summed E-state index contributed by atoms with van der Waals surface area (Å²) in [4.78, 5) is 17.2. The quantitative estimate of drug-likeness (QED) is 0.448. The first kappa shape index (κ1) is 21.2. The SMILES string of the molecule is CC(C)(C)S(=O)(=O)NCCCCC(=O)Nc1c2ccccc2nc2ccccc12. The second kappa shape index (κ2) is 8.47. The Morgan fingerprint density at radius 1 is 0.931 bits per heavy atom. The largest absolute Gasteiger partial charge is 0.325 e. The van der Waals surface area contributed by atoms with E-state index in [9.17, 15) is 13.2 Å². The Morgan fingerprint density at radius 2 is 1.48 bits per heavy atom. The van der Waals surface area contributed by atoms with Crippen molar-refractivity contribution in [2.75, 3.05) is 11.9 Å². The van der Waals surface area contributed by atoms with Crippen LogP contribution in [0.15, 0.2) is 48.5 Å². The summed E-state index contributed by atoms with van der Waals surface area (Å²) in [5, 5.41) is 4.84. The average Bonchev–Trinajstić information content (AvgIpc) is 2.66. The maximum absolute atomic E-state index is 12.5. The first-order valence-electron chi connectivity index (χ1n) is 9.75. The van der Waals surface area contributed by atoms with Gasteiger partial charge >= 0.3 is 0 Å². The summed E-state index contributed by atoms with van der Waals surface area (Å²) in [7, 11) is -3.35. The van der Waals surface area contributed by atoms with Crippen molar-refractivity contribution >= 4 is 43.4 Å². The van der Waals surface area contributed by atoms with Gasteiger partial charge in [0.15, 0.2) is 0 Å². The Balaban J connectivity index is 1.64. The van der Waals surface area contributed by atoms with Gasteiger partial charge in [-0.1, -0.05) is 36.4 Å². The van der Waals surface area contributed by atoms with Crippen LogP contribution in [0.3, 0.4) is 0 Å². The van der Waals surface area contributed by atoms with Crippen LogP contribution in [0.5, 0.6) is 0 Å². The van der Waals surface area contributed by atoms with E-state index in [1.807, 2.05) is 48.5 Å². The van der Waals surface area contributed by atoms with Gasteiger partial charge < -0.3 is 5.32 Å². The lowest BCUT2D eigenvalue weighted by atomic mass is 10.1. The number of hydrogen-bond acceptors (Lipinski definition) is 4. The molecule has 0 aliphatic rings. The molecule has 2 N–H and O–H groups in total. The number of hydrogen-bond donors (Lipinski definition) is 2. The third-order valence-electron chi connectivity index (χ3n) is 4.78. The number of fused-ring (bicyclic) bond motifs is 2. The molecule has 0 spiro atoms. The Morgan fingerprint density at radius 3 is 2.03 bits per heavy atom. The van der Waals surface area contributed by atoms with Gasteiger partial charge in [0.1, 0.15) is 0 Å². The highest BCUT2D eigenvalue weighted by molar-refractivity contribution is 7.90. The molecular formula is C22H27N3O3S. The molecule has 6 nitrogen and oxygen atoms in total. The number of sulfonamides is 1. The maximum atomic E-state index is 12.5. The topological polar surface area (TPSA) is 88.2 Å². The molecule has 29 heavy (non-hydrogen) atoms. The van der Waals surface area contributed by atoms with Crippen LogP contribution < -0.4 is 10.0 Å². The number of amides is 1. The molecule has 0 bridgehead atoms. The second-order valence-corrected chi connectivity index (χ2v) is 10.6. The number of carbonyl (C=O) groups excluding carboxylic acids is 1. The Hall–Kier alpha value is -2.51. The zero-order chi connectivity index (χ0) is 21.1. The number of rotatable bonds is 7. The number of para-hydroxylation sites is 2. The summed E-state index contributed by atoms with van der Waals surface area (Å²) < 4.78 is 25.8. The molecule has 154 valence electrons. The van der Waals surface area contributed by atoms with Gasteiger partial charge in [0.2, 0.25) is 15.9 Å². The molecule has 1 heterocycles. The highest BCUT2D eigenvalue weighted by Gasteiger charge is 2.27. The zero-order valence-electron chi connectivity index (χ0n) is 17.0. The molecule has 3 rings (SSSR count). The van der Waals surface area contributed by atoms with Crippen LogP contribution in [0, 0.1) is 0 Å². The molecule has 0 aliphatic heterocycles. The highest BCUT2D eigenvalue weighted by Crippen LogP contribution is 2.30. The zero-order valence-corrected chi connectivity index (χ0v) is 17.8. The van der Waals surface area contributed by atoms with Crippen molar-refractivity contribution in [1.29, 1.82) is 0 Å². The number of benzene rings is 2. The van der Waals surface area contributed by atoms with E-state index >= 15 is 0 Å². The fourth-order valence-corrected chi connectivity index (χ4v) is 3.86. The van der Waals surface area contributed by atoms with E-state index in [0.717, 1.165) is 27.5 Å². The van der Waals surface area contributed by atoms with Crippen LogP contribution in [-0.2, 0) is 14.8 Å². The molecule has 1 amide bonds. The van der Waals surface area contributed by atoms with Crippen LogP contribution in [0.1, 0.15) is 40.0 Å². The maximum Gasteiger partial charge on any atom is 0.224 e. The van der Waals surface area contributed by atoms with E-state index in [1.165, 1.54) is 0 Å². The van der Waals surface area contributed by atoms with E-state index in [4.69, 9.17) is 0 Å². The van der Waals surface area contributed by atoms with Crippen molar-refractivity contribution < 1.29 is 13.2 Å². The predicted octanol–water partition coefficient (Wildman–Crippen LogP) is 4.21. The summed E-state index contributed by atoms with van der Waals surface area (Å²) in [6, 6.07) is 15.5. The van der Waals surface area contributed by atoms with E-state index < -0.39 is 14.8 Å². The van der Waals surface area contributed by atoms with E-state index in [1.54, 1.807) is 20.8 Å². The molecular weight excluding hydrogens is 386 g/mol. The fraction of sp³-hybridized carbons (Fsp3) is 0.364. The van der Waals surface area contributed by atoms with E-state index in [2.05, 4.69) is 15.0 Å². The van der Waals surface area contributed by atoms with Gasteiger partial charge in [-0.25, -0.2) is 18.1 Å². The van der Waals surface area contributed by atoms with Gasteiger partial charge in [0.05, 0.1) is 21.5 Å². The molecule has 0 unspecified atom stereocenters. The highest BCUT2D eigenvalue weighted by atomic mass is 32.2. The first-order valence-corrected chi connectivity index (χ1v) is 11.2. The molecule has 0 saturated heterocycles. The number of carbonyl (C=O) groups is 1. The van der Waals surface area contributed by atoms with Crippen molar-refractivity contribution in [2.45, 2.75) is 44.8 Å². The Bertz CT molecular complexity index is 1080. The van der Waals surface area contributed by atoms with Gasteiger partial charge in [-0.05, 0) is 45.7 Å². The van der Waals surface area contributed by atoms with Crippen molar-refractivity contribution in [1.82, 2.24) is 9.71 Å². The molecule has 7 heteroatoms. The van der Waals surface area contributed by atoms with Crippen LogP contribution in [0.2, 0.25) is 0 Å². The molecule has 3 aromatic rings. The first-order chi connectivity index (χ1) is 13.7. The smallest absolute Gasteiger partial charge is 0.224 e. The number of nitrogens with zero attached hydrogens (tertiary/aromatic N) is 1. The van der Waals surface area contributed by atoms with Crippen molar-refractivity contribution in [3.63, 3.8) is 0 Å². The third kappa shape index (κ3) is 4.92. The molecule has 0 atom stereocenters. The van der Waals surface area contributed by atoms with Crippen LogP contribution in [-0.4, -0.2) is 30.6 Å². The number of nitrogens with one attached hydrogen (secondary N) is 2. The van der Waals surface area contributed by atoms with Crippen LogP contribution in [0.4, 0.5) is 5.69 Å². The van der Waals surface area contributed by atoms with Crippen LogP contribution >= 0.6 is 0 Å². The fourth-order valence-electron chi connectivity index (χ4n) is 3.01. The van der Waals surface area contributed by atoms with Crippen molar-refractivity contribution in [3.05, 3.63) is 48.5 Å². The molecule has 0 radical (unpaired) electrons. The van der Waals surface area contributed by atoms with Crippen LogP contribution in [0.25, 0.3) is 21.8 Å². The summed E-state index contributed by atoms with van der Waals surface area (Å²) >= 11 is 0. The van der Waals surface area contributed by atoms with E-state index in [-0.39, 0.29) is 5.91 Å². The van der Waals surface area contributed by atoms with Gasteiger partial charge in [-0.2, -0.15) is 0 Å². The molecule has 1 aromatic heterocycles. The molecule has 0 saturated carbocycles. The Kier molecular flexibility index (Phi) is 6.19. The summed E-state index contributed by atoms with van der Waals surface area (Å²) in [6.45, 7) is 5.30. The number of unbranched alkanes of at least 4 members (excludes halogenated alkanes) is 1. The lowest BCUT2D eigenvalue weighted by Gasteiger charge is -2.19. The van der Waals surface area contributed by atoms with Gasteiger partial charge in [0, 0.05) is 23.7 Å². The molecule has 0 aliphatic carbocycles. The normalized spacial score (nSPS) is 12.4. The van der Waals surface area contributed by atoms with Gasteiger partial charge in [0.25, 0.3) is 0 Å². The minimum Gasteiger partial charge on any atom is -0.325 e.